The molecule has 0 fully saturated rings. The first-order chi connectivity index (χ1) is 9.11. The average Bonchev–Trinajstić information content (AvgIpc) is 2.74. The van der Waals surface area contributed by atoms with Gasteiger partial charge in [-0.2, -0.15) is 0 Å². The van der Waals surface area contributed by atoms with E-state index in [0.29, 0.717) is 10.7 Å². The number of H-pyrrole nitrogens is 1. The summed E-state index contributed by atoms with van der Waals surface area (Å²) in [6.07, 6.45) is 0.728. The molecule has 96 valence electrons. The van der Waals surface area contributed by atoms with Gasteiger partial charge in [0, 0.05) is 6.42 Å². The molecule has 0 atom stereocenters. The van der Waals surface area contributed by atoms with Crippen LogP contribution in [0.25, 0.3) is 11.2 Å². The average molecular weight is 292 g/mol. The van der Waals surface area contributed by atoms with Crippen molar-refractivity contribution in [2.75, 3.05) is 0 Å². The largest absolute Gasteiger partial charge is 0.340 e. The van der Waals surface area contributed by atoms with Crippen molar-refractivity contribution in [2.24, 2.45) is 0 Å². The second-order valence-corrected chi connectivity index (χ2v) is 5.24. The van der Waals surface area contributed by atoms with Crippen molar-refractivity contribution in [3.63, 3.8) is 0 Å². The molecule has 0 aliphatic heterocycles. The number of halogens is 2. The molecule has 1 N–H and O–H groups in total. The normalized spacial score (nSPS) is 11.1. The molecule has 0 bridgehead atoms. The van der Waals surface area contributed by atoms with Gasteiger partial charge < -0.3 is 4.98 Å². The van der Waals surface area contributed by atoms with Crippen molar-refractivity contribution >= 4 is 34.4 Å². The zero-order valence-electron chi connectivity index (χ0n) is 10.2. The maximum absolute atomic E-state index is 5.93. The van der Waals surface area contributed by atoms with Gasteiger partial charge in [0.25, 0.3) is 0 Å². The molecule has 0 unspecified atom stereocenters. The second-order valence-electron chi connectivity index (χ2n) is 4.48. The van der Waals surface area contributed by atoms with Gasteiger partial charge in [-0.3, -0.25) is 0 Å². The molecule has 3 rings (SSSR count). The SMILES string of the molecule is Cc1ccc(Cc2nc3nc(Cl)c(Cl)cc3[nH]2)cc1. The minimum absolute atomic E-state index is 0.280. The van der Waals surface area contributed by atoms with E-state index in [-0.39, 0.29) is 5.15 Å². The van der Waals surface area contributed by atoms with Crippen LogP contribution in [0.2, 0.25) is 10.2 Å². The minimum atomic E-state index is 0.280. The lowest BCUT2D eigenvalue weighted by molar-refractivity contribution is 1.03. The highest BCUT2D eigenvalue weighted by atomic mass is 35.5. The van der Waals surface area contributed by atoms with Crippen LogP contribution in [0.5, 0.6) is 0 Å². The van der Waals surface area contributed by atoms with Crippen LogP contribution in [0.15, 0.2) is 30.3 Å². The maximum atomic E-state index is 5.93. The number of imidazole rings is 1. The molecule has 0 amide bonds. The summed E-state index contributed by atoms with van der Waals surface area (Å²) >= 11 is 11.8. The highest BCUT2D eigenvalue weighted by Crippen LogP contribution is 2.23. The standard InChI is InChI=1S/C14H11Cl2N3/c1-8-2-4-9(5-3-8)6-12-17-11-7-10(15)13(16)19-14(11)18-12/h2-5,7H,6H2,1H3,(H,17,18,19). The number of pyridine rings is 1. The molecule has 0 saturated carbocycles. The molecule has 0 radical (unpaired) electrons. The predicted molar refractivity (Wildman–Crippen MR) is 77.9 cm³/mol. The second kappa shape index (κ2) is 4.83. The fraction of sp³-hybridized carbons (Fsp3) is 0.143. The number of aromatic amines is 1. The van der Waals surface area contributed by atoms with Crippen LogP contribution in [-0.2, 0) is 6.42 Å². The molecule has 1 aromatic carbocycles. The van der Waals surface area contributed by atoms with Crippen molar-refractivity contribution in [2.45, 2.75) is 13.3 Å². The minimum Gasteiger partial charge on any atom is -0.340 e. The molecule has 2 aromatic heterocycles. The number of hydrogen-bond acceptors (Lipinski definition) is 2. The monoisotopic (exact) mass is 291 g/mol. The molecule has 0 spiro atoms. The molecule has 2 heterocycles. The third kappa shape index (κ3) is 2.57. The molecule has 5 heteroatoms. The van der Waals surface area contributed by atoms with E-state index in [1.807, 2.05) is 0 Å². The number of nitrogens with one attached hydrogen (secondary N) is 1. The van der Waals surface area contributed by atoms with Crippen LogP contribution in [-0.4, -0.2) is 15.0 Å². The van der Waals surface area contributed by atoms with Gasteiger partial charge in [0.2, 0.25) is 0 Å². The Hall–Kier alpha value is -1.58. The van der Waals surface area contributed by atoms with Crippen molar-refractivity contribution in [1.29, 1.82) is 0 Å². The number of nitrogens with zero attached hydrogens (tertiary/aromatic N) is 2. The number of fused-ring (bicyclic) bond motifs is 1. The Labute approximate surface area is 120 Å². The van der Waals surface area contributed by atoms with E-state index in [4.69, 9.17) is 23.2 Å². The van der Waals surface area contributed by atoms with E-state index in [1.165, 1.54) is 11.1 Å². The highest BCUT2D eigenvalue weighted by Gasteiger charge is 2.08. The Balaban J connectivity index is 1.95. The van der Waals surface area contributed by atoms with Crippen molar-refractivity contribution < 1.29 is 0 Å². The molecular formula is C14H11Cl2N3. The summed E-state index contributed by atoms with van der Waals surface area (Å²) < 4.78 is 0. The topological polar surface area (TPSA) is 41.6 Å². The summed E-state index contributed by atoms with van der Waals surface area (Å²) in [6, 6.07) is 10.1. The molecule has 0 saturated heterocycles. The zero-order valence-corrected chi connectivity index (χ0v) is 11.8. The lowest BCUT2D eigenvalue weighted by Crippen LogP contribution is -1.90. The molecule has 3 aromatic rings. The van der Waals surface area contributed by atoms with Crippen LogP contribution >= 0.6 is 23.2 Å². The first-order valence-electron chi connectivity index (χ1n) is 5.88. The smallest absolute Gasteiger partial charge is 0.179 e. The molecule has 3 nitrogen and oxygen atoms in total. The summed E-state index contributed by atoms with van der Waals surface area (Å²) in [5, 5.41) is 0.710. The van der Waals surface area contributed by atoms with E-state index < -0.39 is 0 Å². The Morgan fingerprint density at radius 3 is 2.58 bits per heavy atom. The molecular weight excluding hydrogens is 281 g/mol. The number of aromatic nitrogens is 3. The highest BCUT2D eigenvalue weighted by molar-refractivity contribution is 6.41. The van der Waals surface area contributed by atoms with Crippen molar-refractivity contribution in [3.8, 4) is 0 Å². The number of rotatable bonds is 2. The molecule has 19 heavy (non-hydrogen) atoms. The number of benzene rings is 1. The van der Waals surface area contributed by atoms with E-state index in [2.05, 4.69) is 46.1 Å². The third-order valence-corrected chi connectivity index (χ3v) is 3.60. The molecule has 0 aliphatic carbocycles. The van der Waals surface area contributed by atoms with E-state index >= 15 is 0 Å². The van der Waals surface area contributed by atoms with Gasteiger partial charge in [0.15, 0.2) is 5.65 Å². The van der Waals surface area contributed by atoms with E-state index in [9.17, 15) is 0 Å². The summed E-state index contributed by atoms with van der Waals surface area (Å²) in [4.78, 5) is 11.8. The van der Waals surface area contributed by atoms with E-state index in [0.717, 1.165) is 17.8 Å². The quantitative estimate of drug-likeness (QED) is 0.720. The Morgan fingerprint density at radius 2 is 1.84 bits per heavy atom. The lowest BCUT2D eigenvalue weighted by atomic mass is 10.1. The van der Waals surface area contributed by atoms with Crippen molar-refractivity contribution in [3.05, 3.63) is 57.5 Å². The zero-order chi connectivity index (χ0) is 13.4. The van der Waals surface area contributed by atoms with Crippen LogP contribution in [0.1, 0.15) is 17.0 Å². The first-order valence-corrected chi connectivity index (χ1v) is 6.63. The summed E-state index contributed by atoms with van der Waals surface area (Å²) in [6.45, 7) is 2.07. The Kier molecular flexibility index (Phi) is 3.17. The summed E-state index contributed by atoms with van der Waals surface area (Å²) in [7, 11) is 0. The third-order valence-electron chi connectivity index (χ3n) is 2.93. The first kappa shape index (κ1) is 12.5. The van der Waals surface area contributed by atoms with E-state index in [1.54, 1.807) is 6.07 Å². The Morgan fingerprint density at radius 1 is 1.11 bits per heavy atom. The van der Waals surface area contributed by atoms with Crippen molar-refractivity contribution in [1.82, 2.24) is 15.0 Å². The van der Waals surface area contributed by atoms with Gasteiger partial charge >= 0.3 is 0 Å². The van der Waals surface area contributed by atoms with Gasteiger partial charge in [-0.05, 0) is 18.6 Å². The van der Waals surface area contributed by atoms with Gasteiger partial charge in [0.05, 0.1) is 10.5 Å². The summed E-state index contributed by atoms with van der Waals surface area (Å²) in [5.41, 5.74) is 3.84. The van der Waals surface area contributed by atoms with Crippen LogP contribution in [0, 0.1) is 6.92 Å². The number of hydrogen-bond donors (Lipinski definition) is 1. The summed E-state index contributed by atoms with van der Waals surface area (Å²) in [5.74, 6) is 0.852. The maximum Gasteiger partial charge on any atom is 0.179 e. The Bertz CT molecular complexity index is 693. The van der Waals surface area contributed by atoms with Crippen LogP contribution < -0.4 is 0 Å². The fourth-order valence-corrected chi connectivity index (χ4v) is 2.21. The van der Waals surface area contributed by atoms with Gasteiger partial charge in [-0.15, -0.1) is 0 Å². The van der Waals surface area contributed by atoms with Gasteiger partial charge in [-0.1, -0.05) is 53.0 Å². The fourth-order valence-electron chi connectivity index (χ4n) is 1.93. The number of aryl methyl sites for hydroxylation is 1. The van der Waals surface area contributed by atoms with Gasteiger partial charge in [-0.25, -0.2) is 9.97 Å². The van der Waals surface area contributed by atoms with Gasteiger partial charge in [0.1, 0.15) is 11.0 Å². The molecule has 0 aliphatic rings. The van der Waals surface area contributed by atoms with Crippen LogP contribution in [0.3, 0.4) is 0 Å². The lowest BCUT2D eigenvalue weighted by Gasteiger charge is -1.98. The predicted octanol–water partition coefficient (Wildman–Crippen LogP) is 4.16. The van der Waals surface area contributed by atoms with Crippen LogP contribution in [0.4, 0.5) is 0 Å².